The third kappa shape index (κ3) is 4.94. The minimum atomic E-state index is -2.05. The summed E-state index contributed by atoms with van der Waals surface area (Å²) in [5.41, 5.74) is -3.14. The maximum Gasteiger partial charge on any atom is 0.316 e. The standard InChI is InChI=1S/C32H44O6/c1-19(2)12-13-23-25(35)32(24(34)21(5)6)27(36)31(16-14-20(3)4,18-22(15-17-33)30(32,10)11)26(23)38-28(37)29(7,8)9/h12,14-15,17,21H,13,16,18H2,1-11H3/b22-15-/t31-,32+/m0/s1. The lowest BCUT2D eigenvalue weighted by molar-refractivity contribution is -0.169. The molecule has 0 aliphatic heterocycles. The van der Waals surface area contributed by atoms with E-state index < -0.39 is 50.9 Å². The van der Waals surface area contributed by atoms with Gasteiger partial charge in [0.2, 0.25) is 0 Å². The molecule has 1 fully saturated rings. The monoisotopic (exact) mass is 524 g/mol. The molecule has 0 radical (unpaired) electrons. The number of carbonyl (C=O) groups is 5. The summed E-state index contributed by atoms with van der Waals surface area (Å²) >= 11 is 0. The second kappa shape index (κ2) is 10.7. The smallest absolute Gasteiger partial charge is 0.316 e. The number of esters is 1. The van der Waals surface area contributed by atoms with E-state index >= 15 is 0 Å². The highest BCUT2D eigenvalue weighted by atomic mass is 16.5. The number of allylic oxidation sites excluding steroid dienone is 8. The molecule has 6 heteroatoms. The fourth-order valence-electron chi connectivity index (χ4n) is 5.55. The van der Waals surface area contributed by atoms with Crippen molar-refractivity contribution in [3.8, 4) is 0 Å². The largest absolute Gasteiger partial charge is 0.429 e. The molecule has 0 aromatic heterocycles. The molecule has 0 heterocycles. The molecule has 0 N–H and O–H groups in total. The molecule has 208 valence electrons. The van der Waals surface area contributed by atoms with Crippen molar-refractivity contribution in [2.75, 3.05) is 0 Å². The van der Waals surface area contributed by atoms with Crippen molar-refractivity contribution in [3.05, 3.63) is 46.3 Å². The van der Waals surface area contributed by atoms with Crippen molar-refractivity contribution >= 4 is 29.6 Å². The van der Waals surface area contributed by atoms with E-state index in [0.717, 1.165) is 11.1 Å². The van der Waals surface area contributed by atoms with Gasteiger partial charge in [-0.1, -0.05) is 56.6 Å². The summed E-state index contributed by atoms with van der Waals surface area (Å²) in [6.45, 7) is 19.4. The molecule has 0 spiro atoms. The third-order valence-corrected chi connectivity index (χ3v) is 7.87. The van der Waals surface area contributed by atoms with Gasteiger partial charge in [-0.15, -0.1) is 0 Å². The number of aldehydes is 1. The van der Waals surface area contributed by atoms with E-state index in [1.807, 2.05) is 39.8 Å². The second-order valence-electron chi connectivity index (χ2n) is 13.1. The molecule has 2 atom stereocenters. The van der Waals surface area contributed by atoms with Gasteiger partial charge in [0.05, 0.1) is 10.8 Å². The average Bonchev–Trinajstić information content (AvgIpc) is 2.78. The molecule has 0 unspecified atom stereocenters. The van der Waals surface area contributed by atoms with E-state index in [1.54, 1.807) is 48.5 Å². The molecule has 2 bridgehead atoms. The summed E-state index contributed by atoms with van der Waals surface area (Å²) in [6.07, 6.45) is 6.03. The van der Waals surface area contributed by atoms with E-state index in [0.29, 0.717) is 11.9 Å². The maximum atomic E-state index is 14.9. The van der Waals surface area contributed by atoms with Crippen LogP contribution in [-0.4, -0.2) is 29.6 Å². The number of ether oxygens (including phenoxy) is 1. The Morgan fingerprint density at radius 3 is 2.00 bits per heavy atom. The molecule has 2 aliphatic rings. The highest BCUT2D eigenvalue weighted by Crippen LogP contribution is 2.65. The highest BCUT2D eigenvalue weighted by Gasteiger charge is 2.74. The Bertz CT molecular complexity index is 1170. The number of hydrogen-bond donors (Lipinski definition) is 0. The van der Waals surface area contributed by atoms with Crippen molar-refractivity contribution in [3.63, 3.8) is 0 Å². The van der Waals surface area contributed by atoms with Crippen molar-refractivity contribution in [2.45, 2.75) is 95.4 Å². The number of ketones is 3. The van der Waals surface area contributed by atoms with Gasteiger partial charge in [-0.2, -0.15) is 0 Å². The molecule has 0 aromatic rings. The van der Waals surface area contributed by atoms with Crippen LogP contribution in [-0.2, 0) is 28.7 Å². The summed E-state index contributed by atoms with van der Waals surface area (Å²) < 4.78 is 6.06. The Morgan fingerprint density at radius 1 is 1.00 bits per heavy atom. The Kier molecular flexibility index (Phi) is 8.82. The predicted octanol–water partition coefficient (Wildman–Crippen LogP) is 6.45. The normalized spacial score (nSPS) is 25.8. The zero-order valence-corrected chi connectivity index (χ0v) is 25.0. The summed E-state index contributed by atoms with van der Waals surface area (Å²) in [4.78, 5) is 68.8. The number of carbonyl (C=O) groups excluding carboxylic acids is 5. The predicted molar refractivity (Wildman–Crippen MR) is 148 cm³/mol. The van der Waals surface area contributed by atoms with Crippen LogP contribution in [0.1, 0.15) is 95.4 Å². The molecule has 0 aromatic carbocycles. The van der Waals surface area contributed by atoms with Gasteiger partial charge in [0.1, 0.15) is 12.0 Å². The van der Waals surface area contributed by atoms with E-state index in [4.69, 9.17) is 4.74 Å². The summed E-state index contributed by atoms with van der Waals surface area (Å²) in [6, 6.07) is 0. The van der Waals surface area contributed by atoms with Gasteiger partial charge in [-0.25, -0.2) is 0 Å². The Labute approximate surface area is 227 Å². The number of hydrogen-bond acceptors (Lipinski definition) is 6. The topological polar surface area (TPSA) is 94.6 Å². The molecule has 38 heavy (non-hydrogen) atoms. The van der Waals surface area contributed by atoms with Crippen LogP contribution in [0.4, 0.5) is 0 Å². The average molecular weight is 525 g/mol. The first kappa shape index (κ1) is 31.3. The molecular weight excluding hydrogens is 480 g/mol. The zero-order valence-electron chi connectivity index (χ0n) is 25.0. The second-order valence-corrected chi connectivity index (χ2v) is 13.1. The van der Waals surface area contributed by atoms with Crippen molar-refractivity contribution < 1.29 is 28.7 Å². The van der Waals surface area contributed by atoms with Crippen LogP contribution in [0.3, 0.4) is 0 Å². The number of rotatable bonds is 8. The lowest BCUT2D eigenvalue weighted by Gasteiger charge is -2.58. The van der Waals surface area contributed by atoms with Crippen LogP contribution < -0.4 is 0 Å². The number of fused-ring (bicyclic) bond motifs is 2. The molecule has 1 saturated carbocycles. The van der Waals surface area contributed by atoms with Crippen LogP contribution >= 0.6 is 0 Å². The maximum absolute atomic E-state index is 14.9. The Balaban J connectivity index is 3.21. The van der Waals surface area contributed by atoms with Gasteiger partial charge in [0, 0.05) is 16.9 Å². The molecule has 0 amide bonds. The van der Waals surface area contributed by atoms with Crippen molar-refractivity contribution in [1.82, 2.24) is 0 Å². The van der Waals surface area contributed by atoms with Crippen LogP contribution in [0.2, 0.25) is 0 Å². The fraction of sp³-hybridized carbons (Fsp3) is 0.594. The molecular formula is C32H44O6. The van der Waals surface area contributed by atoms with E-state index in [2.05, 4.69) is 0 Å². The Hall–Kier alpha value is -2.89. The molecule has 2 rings (SSSR count). The number of Topliss-reactive ketones (excluding diaryl/α,β-unsaturated/α-hetero) is 3. The van der Waals surface area contributed by atoms with E-state index in [-0.39, 0.29) is 30.6 Å². The van der Waals surface area contributed by atoms with Gasteiger partial charge < -0.3 is 4.74 Å². The SMILES string of the molecule is CC(C)=CCC1=C(OC(=O)C(C)(C)C)[C@]2(CC=C(C)C)C/C(=C/C=O)C(C)(C)[C@](C(=O)C(C)C)(C1=O)C2=O. The van der Waals surface area contributed by atoms with Crippen LogP contribution in [0.25, 0.3) is 0 Å². The van der Waals surface area contributed by atoms with Crippen molar-refractivity contribution in [2.24, 2.45) is 27.6 Å². The van der Waals surface area contributed by atoms with E-state index in [1.165, 1.54) is 6.08 Å². The van der Waals surface area contributed by atoms with Crippen LogP contribution in [0, 0.1) is 27.6 Å². The Morgan fingerprint density at radius 2 is 1.55 bits per heavy atom. The summed E-state index contributed by atoms with van der Waals surface area (Å²) in [5, 5.41) is 0. The van der Waals surface area contributed by atoms with Gasteiger partial charge in [0.15, 0.2) is 22.8 Å². The van der Waals surface area contributed by atoms with E-state index in [9.17, 15) is 24.0 Å². The third-order valence-electron chi connectivity index (χ3n) is 7.87. The minimum absolute atomic E-state index is 0.0157. The minimum Gasteiger partial charge on any atom is -0.429 e. The lowest BCUT2D eigenvalue weighted by Crippen LogP contribution is -2.68. The highest BCUT2D eigenvalue weighted by molar-refractivity contribution is 6.34. The van der Waals surface area contributed by atoms with Crippen LogP contribution in [0.5, 0.6) is 0 Å². The summed E-state index contributed by atoms with van der Waals surface area (Å²) in [7, 11) is 0. The zero-order chi connectivity index (χ0) is 29.4. The van der Waals surface area contributed by atoms with Gasteiger partial charge >= 0.3 is 5.97 Å². The quantitative estimate of drug-likeness (QED) is 0.119. The summed E-state index contributed by atoms with van der Waals surface area (Å²) in [5.74, 6) is -2.84. The van der Waals surface area contributed by atoms with Crippen molar-refractivity contribution in [1.29, 1.82) is 0 Å². The molecule has 0 saturated heterocycles. The van der Waals surface area contributed by atoms with Gasteiger partial charge in [-0.3, -0.25) is 24.0 Å². The molecule has 2 aliphatic carbocycles. The van der Waals surface area contributed by atoms with Crippen LogP contribution in [0.15, 0.2) is 46.3 Å². The first-order chi connectivity index (χ1) is 17.3. The molecule has 6 nitrogen and oxygen atoms in total. The first-order valence-electron chi connectivity index (χ1n) is 13.3. The fourth-order valence-corrected chi connectivity index (χ4v) is 5.55. The van der Waals surface area contributed by atoms with Gasteiger partial charge in [-0.05, 0) is 73.8 Å². The lowest BCUT2D eigenvalue weighted by atomic mass is 9.41. The first-order valence-corrected chi connectivity index (χ1v) is 13.3. The van der Waals surface area contributed by atoms with Gasteiger partial charge in [0.25, 0.3) is 0 Å².